The summed E-state index contributed by atoms with van der Waals surface area (Å²) in [6.45, 7) is 2.07. The van der Waals surface area contributed by atoms with E-state index in [1.54, 1.807) is 0 Å². The Labute approximate surface area is 60.4 Å². The Balaban J connectivity index is 0. The molecular formula is C5H10MnO3. The van der Waals surface area contributed by atoms with Crippen LogP contribution in [0.5, 0.6) is 0 Å². The molecule has 3 nitrogen and oxygen atoms in total. The Bertz CT molecular complexity index is 86.2. The van der Waals surface area contributed by atoms with E-state index in [2.05, 4.69) is 6.92 Å². The zero-order chi connectivity index (χ0) is 7.54. The third-order valence-electron chi connectivity index (χ3n) is 0.676. The Morgan fingerprint density at radius 1 is 1.44 bits per heavy atom. The fourth-order valence-corrected chi connectivity index (χ4v) is 0.287. The summed E-state index contributed by atoms with van der Waals surface area (Å²) in [4.78, 5) is 9.56. The number of hydrogen-bond donors (Lipinski definition) is 0. The SMILES string of the molecule is CCCCC=O.[O]=[Mn]=[O]. The van der Waals surface area contributed by atoms with Crippen molar-refractivity contribution in [3.8, 4) is 0 Å². The molecule has 0 spiro atoms. The van der Waals surface area contributed by atoms with E-state index < -0.39 is 14.8 Å². The van der Waals surface area contributed by atoms with E-state index in [-0.39, 0.29) is 0 Å². The number of unbranched alkanes of at least 4 members (excludes halogenated alkanes) is 2. The van der Waals surface area contributed by atoms with E-state index in [1.807, 2.05) is 0 Å². The van der Waals surface area contributed by atoms with Crippen LogP contribution in [0.1, 0.15) is 26.2 Å². The molecule has 0 aliphatic heterocycles. The van der Waals surface area contributed by atoms with Crippen LogP contribution in [-0.2, 0) is 27.3 Å². The molecule has 0 atom stereocenters. The Morgan fingerprint density at radius 2 is 1.89 bits per heavy atom. The summed E-state index contributed by atoms with van der Waals surface area (Å²) in [6, 6.07) is 0. The predicted molar refractivity (Wildman–Crippen MR) is 27.0 cm³/mol. The van der Waals surface area contributed by atoms with Gasteiger partial charge in [0.15, 0.2) is 0 Å². The summed E-state index contributed by atoms with van der Waals surface area (Å²) in [5.74, 6) is 0. The van der Waals surface area contributed by atoms with E-state index in [0.29, 0.717) is 0 Å². The molecule has 0 aromatic heterocycles. The molecule has 0 heterocycles. The maximum absolute atomic E-state index is 9.56. The molecule has 0 amide bonds. The van der Waals surface area contributed by atoms with Gasteiger partial charge in [-0.25, -0.2) is 0 Å². The molecule has 0 saturated heterocycles. The zero-order valence-electron chi connectivity index (χ0n) is 5.30. The molecule has 9 heavy (non-hydrogen) atoms. The van der Waals surface area contributed by atoms with Crippen LogP contribution in [-0.4, -0.2) is 6.29 Å². The van der Waals surface area contributed by atoms with Gasteiger partial charge in [-0.2, -0.15) is 0 Å². The first-order chi connectivity index (χ1) is 4.33. The molecule has 0 radical (unpaired) electrons. The van der Waals surface area contributed by atoms with Gasteiger partial charge < -0.3 is 4.79 Å². The maximum atomic E-state index is 9.56. The second-order valence-electron chi connectivity index (χ2n) is 1.37. The molecule has 0 rings (SSSR count). The van der Waals surface area contributed by atoms with Crippen molar-refractivity contribution in [1.29, 1.82) is 0 Å². The van der Waals surface area contributed by atoms with E-state index in [4.69, 9.17) is 7.67 Å². The molecule has 0 unspecified atom stereocenters. The second-order valence-corrected chi connectivity index (χ2v) is 1.57. The number of aldehydes is 1. The zero-order valence-corrected chi connectivity index (χ0v) is 6.48. The summed E-state index contributed by atoms with van der Waals surface area (Å²) in [5, 5.41) is 0. The molecule has 0 fully saturated rings. The Morgan fingerprint density at radius 3 is 2.00 bits per heavy atom. The Hall–Kier alpha value is -0.211. The standard InChI is InChI=1S/C5H10O.Mn.2O/c1-2-3-4-5-6;;;/h5H,2-4H2,1H3;;;. The molecule has 0 N–H and O–H groups in total. The molecule has 0 aromatic rings. The molecule has 0 saturated carbocycles. The first-order valence-corrected chi connectivity index (χ1v) is 3.62. The van der Waals surface area contributed by atoms with Gasteiger partial charge in [0.05, 0.1) is 0 Å². The van der Waals surface area contributed by atoms with Crippen molar-refractivity contribution in [1.82, 2.24) is 0 Å². The topological polar surface area (TPSA) is 51.2 Å². The van der Waals surface area contributed by atoms with Crippen LogP contribution >= 0.6 is 0 Å². The number of hydrogen-bond acceptors (Lipinski definition) is 3. The van der Waals surface area contributed by atoms with Crippen LogP contribution in [0.25, 0.3) is 0 Å². The molecule has 55 valence electrons. The normalized spacial score (nSPS) is 6.78. The fourth-order valence-electron chi connectivity index (χ4n) is 0.287. The molecule has 4 heteroatoms. The first kappa shape index (κ1) is 11.6. The molecule has 0 bridgehead atoms. The second kappa shape index (κ2) is 15.7. The van der Waals surface area contributed by atoms with Crippen LogP contribution in [0.3, 0.4) is 0 Å². The van der Waals surface area contributed by atoms with Gasteiger partial charge >= 0.3 is 22.5 Å². The van der Waals surface area contributed by atoms with Crippen molar-refractivity contribution < 1.29 is 27.3 Å². The van der Waals surface area contributed by atoms with Crippen molar-refractivity contribution in [3.63, 3.8) is 0 Å². The van der Waals surface area contributed by atoms with Crippen LogP contribution in [0, 0.1) is 0 Å². The van der Waals surface area contributed by atoms with Gasteiger partial charge in [0.2, 0.25) is 0 Å². The van der Waals surface area contributed by atoms with Crippen LogP contribution < -0.4 is 0 Å². The summed E-state index contributed by atoms with van der Waals surface area (Å²) >= 11 is -1.44. The van der Waals surface area contributed by atoms with Crippen molar-refractivity contribution in [3.05, 3.63) is 0 Å². The van der Waals surface area contributed by atoms with Gasteiger partial charge in [0.1, 0.15) is 6.29 Å². The first-order valence-electron chi connectivity index (χ1n) is 2.66. The molecular weight excluding hydrogens is 163 g/mol. The monoisotopic (exact) mass is 173 g/mol. The van der Waals surface area contributed by atoms with Crippen molar-refractivity contribution in [2.24, 2.45) is 0 Å². The number of carbonyl (C=O) groups is 1. The predicted octanol–water partition coefficient (Wildman–Crippen LogP) is 1.14. The van der Waals surface area contributed by atoms with Gasteiger partial charge in [-0.15, -0.1) is 0 Å². The quantitative estimate of drug-likeness (QED) is 0.365. The van der Waals surface area contributed by atoms with Crippen LogP contribution in [0.2, 0.25) is 0 Å². The van der Waals surface area contributed by atoms with Gasteiger partial charge in [0.25, 0.3) is 0 Å². The average molecular weight is 173 g/mol. The van der Waals surface area contributed by atoms with E-state index in [1.165, 1.54) is 0 Å². The van der Waals surface area contributed by atoms with Crippen molar-refractivity contribution in [2.75, 3.05) is 0 Å². The summed E-state index contributed by atoms with van der Waals surface area (Å²) in [5.41, 5.74) is 0. The molecule has 0 aromatic carbocycles. The number of carbonyl (C=O) groups excluding carboxylic acids is 1. The van der Waals surface area contributed by atoms with Crippen LogP contribution in [0.15, 0.2) is 0 Å². The van der Waals surface area contributed by atoms with E-state index in [9.17, 15) is 4.79 Å². The average Bonchev–Trinajstić information content (AvgIpc) is 1.86. The fraction of sp³-hybridized carbons (Fsp3) is 0.800. The van der Waals surface area contributed by atoms with Gasteiger partial charge in [0, 0.05) is 6.42 Å². The summed E-state index contributed by atoms with van der Waals surface area (Å²) in [6.07, 6.45) is 3.86. The van der Waals surface area contributed by atoms with Crippen molar-refractivity contribution >= 4 is 6.29 Å². The van der Waals surface area contributed by atoms with Crippen molar-refractivity contribution in [2.45, 2.75) is 26.2 Å². The third kappa shape index (κ3) is 33.6. The third-order valence-corrected chi connectivity index (χ3v) is 0.676. The minimum absolute atomic E-state index is 0.733. The number of rotatable bonds is 3. The molecule has 0 aliphatic carbocycles. The minimum atomic E-state index is -1.44. The van der Waals surface area contributed by atoms with Crippen LogP contribution in [0.4, 0.5) is 0 Å². The van der Waals surface area contributed by atoms with Gasteiger partial charge in [-0.05, 0) is 6.42 Å². The Kier molecular flexibility index (Phi) is 20.1. The van der Waals surface area contributed by atoms with E-state index in [0.717, 1.165) is 25.5 Å². The van der Waals surface area contributed by atoms with Gasteiger partial charge in [-0.3, -0.25) is 0 Å². The summed E-state index contributed by atoms with van der Waals surface area (Å²) in [7, 11) is 0. The van der Waals surface area contributed by atoms with E-state index >= 15 is 0 Å². The summed E-state index contributed by atoms with van der Waals surface area (Å²) < 4.78 is 16.8. The van der Waals surface area contributed by atoms with Gasteiger partial charge in [-0.1, -0.05) is 13.3 Å². The molecule has 0 aliphatic rings.